The maximum Gasteiger partial charge on any atom is 0.511 e. The highest BCUT2D eigenvalue weighted by Crippen LogP contribution is 2.41. The summed E-state index contributed by atoms with van der Waals surface area (Å²) in [6.45, 7) is 4.60. The van der Waals surface area contributed by atoms with E-state index < -0.39 is 47.7 Å². The molecule has 1 fully saturated rings. The maximum atomic E-state index is 13.4. The first-order chi connectivity index (χ1) is 20.0. The van der Waals surface area contributed by atoms with Crippen molar-refractivity contribution in [1.29, 1.82) is 0 Å². The first kappa shape index (κ1) is 31.0. The first-order valence-electron chi connectivity index (χ1n) is 12.2. The Balaban J connectivity index is 1.56. The summed E-state index contributed by atoms with van der Waals surface area (Å²) in [5.74, 6) is -1.59. The van der Waals surface area contributed by atoms with Crippen molar-refractivity contribution in [3.05, 3.63) is 44.8 Å². The molecule has 4 rings (SSSR count). The molecule has 0 bridgehead atoms. The van der Waals surface area contributed by atoms with Crippen LogP contribution in [-0.4, -0.2) is 81.4 Å². The van der Waals surface area contributed by atoms with Crippen LogP contribution in [0.15, 0.2) is 43.1 Å². The number of aromatic nitrogens is 2. The van der Waals surface area contributed by atoms with E-state index in [2.05, 4.69) is 36.5 Å². The first-order valence-corrected chi connectivity index (χ1v) is 14.9. The van der Waals surface area contributed by atoms with Gasteiger partial charge in [0.05, 0.1) is 6.10 Å². The standard InChI is InChI=1S/C24H25BrN6O9S2/c1-10(2)37-24(35)39-11(3)38-22(34)18-12(5-6-13-7-15(25)29-40-13)8-41-21-17(20(33)31(18)21)28-19(32)16(30-36-4)14-9-42-23(26)27-14/h5-7,9-11,17,21H,8H2,1-4H3,(H2,26,27)(H,28,32)/b6-5-,30-16-/t11?,17-,21-/m1/s1. The number of fused-ring (bicyclic) bond motifs is 1. The molecule has 15 nitrogen and oxygen atoms in total. The molecule has 18 heteroatoms. The maximum absolute atomic E-state index is 13.4. The smallest absolute Gasteiger partial charge is 0.431 e. The number of nitrogens with one attached hydrogen (secondary N) is 1. The lowest BCUT2D eigenvalue weighted by molar-refractivity contribution is -0.169. The van der Waals surface area contributed by atoms with Crippen molar-refractivity contribution in [2.75, 3.05) is 18.6 Å². The Kier molecular flexibility index (Phi) is 9.89. The van der Waals surface area contributed by atoms with Crippen molar-refractivity contribution >= 4 is 79.9 Å². The summed E-state index contributed by atoms with van der Waals surface area (Å²) in [6, 6.07) is 0.605. The number of anilines is 1. The van der Waals surface area contributed by atoms with E-state index in [-0.39, 0.29) is 28.0 Å². The number of carbonyl (C=O) groups is 4. The van der Waals surface area contributed by atoms with Gasteiger partial charge in [-0.15, -0.1) is 23.1 Å². The number of nitrogen functional groups attached to an aromatic ring is 1. The van der Waals surface area contributed by atoms with Gasteiger partial charge in [-0.2, -0.15) is 0 Å². The minimum Gasteiger partial charge on any atom is -0.431 e. The lowest BCUT2D eigenvalue weighted by Crippen LogP contribution is -2.71. The van der Waals surface area contributed by atoms with Crippen LogP contribution in [0.4, 0.5) is 9.93 Å². The van der Waals surface area contributed by atoms with E-state index in [0.717, 1.165) is 11.3 Å². The molecule has 0 saturated carbocycles. The Morgan fingerprint density at radius 3 is 2.64 bits per heavy atom. The molecule has 0 aromatic carbocycles. The number of amides is 2. The molecule has 4 heterocycles. The molecule has 0 spiro atoms. The van der Waals surface area contributed by atoms with Crippen molar-refractivity contribution in [3.63, 3.8) is 0 Å². The van der Waals surface area contributed by atoms with E-state index in [9.17, 15) is 19.2 Å². The number of ether oxygens (including phenoxy) is 3. The number of nitrogens with zero attached hydrogens (tertiary/aromatic N) is 4. The zero-order chi connectivity index (χ0) is 30.6. The molecule has 42 heavy (non-hydrogen) atoms. The second-order valence-electron chi connectivity index (χ2n) is 8.82. The highest BCUT2D eigenvalue weighted by atomic mass is 79.9. The largest absolute Gasteiger partial charge is 0.511 e. The zero-order valence-corrected chi connectivity index (χ0v) is 25.8. The molecule has 1 saturated heterocycles. The van der Waals surface area contributed by atoms with E-state index in [1.165, 1.54) is 36.1 Å². The zero-order valence-electron chi connectivity index (χ0n) is 22.6. The predicted molar refractivity (Wildman–Crippen MR) is 154 cm³/mol. The van der Waals surface area contributed by atoms with E-state index in [4.69, 9.17) is 29.3 Å². The van der Waals surface area contributed by atoms with Crippen LogP contribution < -0.4 is 11.1 Å². The highest BCUT2D eigenvalue weighted by molar-refractivity contribution is 9.10. The Bertz CT molecular complexity index is 1470. The number of carbonyl (C=O) groups excluding carboxylic acids is 4. The minimum atomic E-state index is -1.33. The van der Waals surface area contributed by atoms with Crippen molar-refractivity contribution in [2.45, 2.75) is 44.6 Å². The molecule has 2 aliphatic rings. The van der Waals surface area contributed by atoms with Crippen LogP contribution in [0.3, 0.4) is 0 Å². The third-order valence-electron chi connectivity index (χ3n) is 5.46. The van der Waals surface area contributed by atoms with Gasteiger partial charge in [0.15, 0.2) is 16.6 Å². The van der Waals surface area contributed by atoms with Crippen LogP contribution in [0.2, 0.25) is 0 Å². The van der Waals surface area contributed by atoms with Crippen LogP contribution >= 0.6 is 39.0 Å². The van der Waals surface area contributed by atoms with E-state index in [0.29, 0.717) is 15.9 Å². The van der Waals surface area contributed by atoms with Crippen LogP contribution in [0.1, 0.15) is 32.2 Å². The summed E-state index contributed by atoms with van der Waals surface area (Å²) in [5.41, 5.74) is 6.01. The summed E-state index contributed by atoms with van der Waals surface area (Å²) in [4.78, 5) is 61.7. The molecule has 3 atom stereocenters. The number of rotatable bonds is 10. The van der Waals surface area contributed by atoms with Gasteiger partial charge in [-0.3, -0.25) is 14.5 Å². The van der Waals surface area contributed by atoms with Gasteiger partial charge in [-0.25, -0.2) is 14.6 Å². The number of thioether (sulfide) groups is 1. The summed E-state index contributed by atoms with van der Waals surface area (Å²) in [7, 11) is 1.26. The lowest BCUT2D eigenvalue weighted by atomic mass is 10.0. The fraction of sp³-hybridized carbons (Fsp3) is 0.375. The summed E-state index contributed by atoms with van der Waals surface area (Å²) < 4.78 is 20.9. The summed E-state index contributed by atoms with van der Waals surface area (Å²) >= 11 is 5.61. The number of nitrogens with two attached hydrogens (primary N) is 1. The second-order valence-corrected chi connectivity index (χ2v) is 11.6. The molecule has 2 aromatic rings. The monoisotopic (exact) mass is 684 g/mol. The van der Waals surface area contributed by atoms with Crippen LogP contribution in [-0.2, 0) is 33.4 Å². The van der Waals surface area contributed by atoms with Gasteiger partial charge < -0.3 is 34.6 Å². The predicted octanol–water partition coefficient (Wildman–Crippen LogP) is 2.64. The van der Waals surface area contributed by atoms with Crippen LogP contribution in [0.25, 0.3) is 6.08 Å². The molecular formula is C24H25BrN6O9S2. The molecule has 2 amide bonds. The highest BCUT2D eigenvalue weighted by Gasteiger charge is 2.54. The molecule has 224 valence electrons. The average molecular weight is 686 g/mol. The third-order valence-corrected chi connectivity index (χ3v) is 7.81. The van der Waals surface area contributed by atoms with Gasteiger partial charge in [0.1, 0.15) is 34.5 Å². The number of thiazole rings is 1. The molecule has 1 unspecified atom stereocenters. The number of allylic oxidation sites excluding steroid dienone is 1. The molecular weight excluding hydrogens is 660 g/mol. The van der Waals surface area contributed by atoms with Crippen LogP contribution in [0, 0.1) is 0 Å². The number of halogens is 1. The van der Waals surface area contributed by atoms with Crippen molar-refractivity contribution in [1.82, 2.24) is 20.4 Å². The molecule has 2 aromatic heterocycles. The van der Waals surface area contributed by atoms with Crippen molar-refractivity contribution in [2.24, 2.45) is 5.16 Å². The number of hydrogen-bond acceptors (Lipinski definition) is 15. The minimum absolute atomic E-state index is 0.0881. The summed E-state index contributed by atoms with van der Waals surface area (Å²) in [6.07, 6.45) is 0.356. The number of oxime groups is 1. The lowest BCUT2D eigenvalue weighted by Gasteiger charge is -2.49. The van der Waals surface area contributed by atoms with Crippen LogP contribution in [0.5, 0.6) is 0 Å². The topological polar surface area (TPSA) is 198 Å². The fourth-order valence-electron chi connectivity index (χ4n) is 3.78. The Hall–Kier alpha value is -3.90. The average Bonchev–Trinajstić information content (AvgIpc) is 3.54. The number of hydrogen-bond donors (Lipinski definition) is 2. The van der Waals surface area contributed by atoms with Crippen molar-refractivity contribution in [3.8, 4) is 0 Å². The molecule has 0 aliphatic carbocycles. The summed E-state index contributed by atoms with van der Waals surface area (Å²) in [5, 5.41) is 11.2. The molecule has 0 radical (unpaired) electrons. The van der Waals surface area contributed by atoms with E-state index in [1.807, 2.05) is 0 Å². The Morgan fingerprint density at radius 1 is 1.26 bits per heavy atom. The van der Waals surface area contributed by atoms with Gasteiger partial charge in [-0.1, -0.05) is 16.4 Å². The Morgan fingerprint density at radius 2 is 2.02 bits per heavy atom. The van der Waals surface area contributed by atoms with Gasteiger partial charge in [0.2, 0.25) is 6.29 Å². The quantitative estimate of drug-likeness (QED) is 0.122. The SMILES string of the molecule is CO/N=C(\C(=O)N[C@@H]1C(=O)N2C(C(=O)OC(C)OC(=O)OC(C)C)=C(/C=C\c3cc(Br)no3)CS[C@H]12)c1csc(N)n1. The van der Waals surface area contributed by atoms with E-state index >= 15 is 0 Å². The van der Waals surface area contributed by atoms with Crippen molar-refractivity contribution < 1.29 is 42.7 Å². The van der Waals surface area contributed by atoms with E-state index in [1.54, 1.807) is 32.1 Å². The van der Waals surface area contributed by atoms with Gasteiger partial charge in [0, 0.05) is 24.1 Å². The fourth-order valence-corrected chi connectivity index (χ4v) is 5.94. The number of β-lactam (4-membered cyclic amide) rings is 1. The van der Waals surface area contributed by atoms with Gasteiger partial charge in [-0.05, 0) is 41.4 Å². The normalized spacial score (nSPS) is 19.3. The molecule has 3 N–H and O–H groups in total. The van der Waals surface area contributed by atoms with Gasteiger partial charge >= 0.3 is 12.1 Å². The molecule has 2 aliphatic heterocycles. The third kappa shape index (κ3) is 7.11. The number of esters is 1. The van der Waals surface area contributed by atoms with Gasteiger partial charge in [0.25, 0.3) is 11.8 Å². The second kappa shape index (κ2) is 13.4. The Labute approximate surface area is 255 Å².